The largest absolute Gasteiger partial charge is 0.504 e. The fourth-order valence-electron chi connectivity index (χ4n) is 0.891. The van der Waals surface area contributed by atoms with Gasteiger partial charge in [0.25, 0.3) is 0 Å². The van der Waals surface area contributed by atoms with Crippen LogP contribution in [0.5, 0.6) is 11.5 Å². The quantitative estimate of drug-likeness (QED) is 0.681. The van der Waals surface area contributed by atoms with E-state index in [4.69, 9.17) is 4.74 Å². The minimum absolute atomic E-state index is 0.142. The average molecular weight is 164 g/mol. The van der Waals surface area contributed by atoms with Crippen LogP contribution >= 0.6 is 0 Å². The molecule has 2 nitrogen and oxygen atoms in total. The molecule has 1 N–H and O–H groups in total. The molecule has 0 bridgehead atoms. The van der Waals surface area contributed by atoms with Crippen LogP contribution in [0.2, 0.25) is 0 Å². The van der Waals surface area contributed by atoms with Crippen molar-refractivity contribution >= 4 is 0 Å². The molecule has 0 fully saturated rings. The number of ether oxygens (including phenoxy) is 1. The number of allylic oxidation sites excluding steroid dienone is 1. The van der Waals surface area contributed by atoms with Gasteiger partial charge in [0, 0.05) is 0 Å². The minimum Gasteiger partial charge on any atom is -0.504 e. The maximum atomic E-state index is 9.32. The van der Waals surface area contributed by atoms with Crippen LogP contribution in [0.15, 0.2) is 30.5 Å². The van der Waals surface area contributed by atoms with E-state index in [-0.39, 0.29) is 5.75 Å². The van der Waals surface area contributed by atoms with Gasteiger partial charge in [-0.05, 0) is 31.5 Å². The van der Waals surface area contributed by atoms with E-state index >= 15 is 0 Å². The van der Waals surface area contributed by atoms with Crippen LogP contribution in [-0.2, 0) is 0 Å². The third-order valence-corrected chi connectivity index (χ3v) is 1.40. The van der Waals surface area contributed by atoms with Gasteiger partial charge < -0.3 is 9.84 Å². The number of rotatable bonds is 2. The number of aromatic hydroxyl groups is 1. The van der Waals surface area contributed by atoms with Crippen molar-refractivity contribution in [2.45, 2.75) is 13.8 Å². The first-order valence-electron chi connectivity index (χ1n) is 3.72. The topological polar surface area (TPSA) is 29.5 Å². The molecule has 0 saturated carbocycles. The molecule has 0 aliphatic carbocycles. The summed E-state index contributed by atoms with van der Waals surface area (Å²) in [5.41, 5.74) is 1.05. The number of hydrogen-bond acceptors (Lipinski definition) is 2. The number of phenolic OH excluding ortho intramolecular Hbond substituents is 1. The van der Waals surface area contributed by atoms with E-state index in [1.54, 1.807) is 19.1 Å². The van der Waals surface area contributed by atoms with E-state index in [2.05, 4.69) is 6.58 Å². The van der Waals surface area contributed by atoms with Crippen LogP contribution in [0.25, 0.3) is 0 Å². The van der Waals surface area contributed by atoms with Crippen molar-refractivity contribution in [3.8, 4) is 11.5 Å². The first-order chi connectivity index (χ1) is 5.59. The molecule has 0 radical (unpaired) electrons. The molecule has 1 aromatic carbocycles. The van der Waals surface area contributed by atoms with E-state index in [1.807, 2.05) is 13.0 Å². The molecule has 1 aromatic rings. The molecule has 0 aliphatic heterocycles. The lowest BCUT2D eigenvalue weighted by Crippen LogP contribution is -1.89. The van der Waals surface area contributed by atoms with Crippen LogP contribution in [-0.4, -0.2) is 5.11 Å². The van der Waals surface area contributed by atoms with Crippen LogP contribution < -0.4 is 4.74 Å². The number of hydrogen-bond donors (Lipinski definition) is 1. The molecule has 0 spiro atoms. The summed E-state index contributed by atoms with van der Waals surface area (Å²) in [6.45, 7) is 7.26. The average Bonchev–Trinajstić information content (AvgIpc) is 1.96. The Morgan fingerprint density at radius 2 is 2.17 bits per heavy atom. The Balaban J connectivity index is 2.97. The normalized spacial score (nSPS) is 9.50. The molecule has 0 unspecified atom stereocenters. The highest BCUT2D eigenvalue weighted by atomic mass is 16.5. The van der Waals surface area contributed by atoms with Gasteiger partial charge in [0.15, 0.2) is 11.5 Å². The van der Waals surface area contributed by atoms with E-state index in [0.717, 1.165) is 5.56 Å². The number of benzene rings is 1. The number of phenols is 1. The summed E-state index contributed by atoms with van der Waals surface area (Å²) in [6.07, 6.45) is 0. The smallest absolute Gasteiger partial charge is 0.168 e. The highest BCUT2D eigenvalue weighted by Crippen LogP contribution is 2.27. The Kier molecular flexibility index (Phi) is 2.38. The summed E-state index contributed by atoms with van der Waals surface area (Å²) in [7, 11) is 0. The first-order valence-corrected chi connectivity index (χ1v) is 3.72. The molecular weight excluding hydrogens is 152 g/mol. The molecular formula is C10H12O2. The summed E-state index contributed by atoms with van der Waals surface area (Å²) < 4.78 is 5.18. The number of aryl methyl sites for hydroxylation is 1. The van der Waals surface area contributed by atoms with Crippen LogP contribution in [0.1, 0.15) is 12.5 Å². The summed E-state index contributed by atoms with van der Waals surface area (Å²) in [4.78, 5) is 0. The Morgan fingerprint density at radius 1 is 1.50 bits per heavy atom. The monoisotopic (exact) mass is 164 g/mol. The third kappa shape index (κ3) is 2.02. The zero-order valence-corrected chi connectivity index (χ0v) is 7.29. The predicted octanol–water partition coefficient (Wildman–Crippen LogP) is 2.61. The van der Waals surface area contributed by atoms with Crippen molar-refractivity contribution in [1.82, 2.24) is 0 Å². The Bertz CT molecular complexity index is 303. The Labute approximate surface area is 72.1 Å². The van der Waals surface area contributed by atoms with Gasteiger partial charge in [0.1, 0.15) is 0 Å². The zero-order chi connectivity index (χ0) is 9.14. The van der Waals surface area contributed by atoms with Crippen molar-refractivity contribution in [1.29, 1.82) is 0 Å². The highest BCUT2D eigenvalue weighted by Gasteiger charge is 2.01. The first kappa shape index (κ1) is 8.65. The third-order valence-electron chi connectivity index (χ3n) is 1.40. The van der Waals surface area contributed by atoms with Gasteiger partial charge in [-0.1, -0.05) is 12.6 Å². The summed E-state index contributed by atoms with van der Waals surface area (Å²) >= 11 is 0. The van der Waals surface area contributed by atoms with Crippen molar-refractivity contribution < 1.29 is 9.84 Å². The fourth-order valence-corrected chi connectivity index (χ4v) is 0.891. The van der Waals surface area contributed by atoms with Crippen molar-refractivity contribution in [3.05, 3.63) is 36.1 Å². The summed E-state index contributed by atoms with van der Waals surface area (Å²) in [5, 5.41) is 9.32. The van der Waals surface area contributed by atoms with Crippen molar-refractivity contribution in [2.24, 2.45) is 0 Å². The van der Waals surface area contributed by atoms with Crippen LogP contribution in [0.3, 0.4) is 0 Å². The Morgan fingerprint density at radius 3 is 2.75 bits per heavy atom. The van der Waals surface area contributed by atoms with Gasteiger partial charge in [-0.3, -0.25) is 0 Å². The highest BCUT2D eigenvalue weighted by molar-refractivity contribution is 5.42. The van der Waals surface area contributed by atoms with Gasteiger partial charge in [0.05, 0.1) is 5.76 Å². The van der Waals surface area contributed by atoms with Crippen molar-refractivity contribution in [3.63, 3.8) is 0 Å². The molecule has 64 valence electrons. The van der Waals surface area contributed by atoms with Gasteiger partial charge in [-0.2, -0.15) is 0 Å². The van der Waals surface area contributed by atoms with Gasteiger partial charge in [-0.15, -0.1) is 0 Å². The molecule has 0 aliphatic rings. The van der Waals surface area contributed by atoms with E-state index < -0.39 is 0 Å². The van der Waals surface area contributed by atoms with E-state index in [9.17, 15) is 5.11 Å². The van der Waals surface area contributed by atoms with Gasteiger partial charge in [-0.25, -0.2) is 0 Å². The standard InChI is InChI=1S/C10H12O2/c1-7(2)12-10-6-8(3)4-5-9(10)11/h4-6,11H,1H2,2-3H3. The molecule has 0 amide bonds. The fraction of sp³-hybridized carbons (Fsp3) is 0.200. The summed E-state index contributed by atoms with van der Waals surface area (Å²) in [6, 6.07) is 5.19. The lowest BCUT2D eigenvalue weighted by Gasteiger charge is -2.06. The van der Waals surface area contributed by atoms with Crippen molar-refractivity contribution in [2.75, 3.05) is 0 Å². The maximum Gasteiger partial charge on any atom is 0.168 e. The molecule has 0 atom stereocenters. The molecule has 0 heterocycles. The van der Waals surface area contributed by atoms with Crippen LogP contribution in [0, 0.1) is 6.92 Å². The lowest BCUT2D eigenvalue weighted by molar-refractivity contribution is 0.384. The van der Waals surface area contributed by atoms with Gasteiger partial charge in [0.2, 0.25) is 0 Å². The van der Waals surface area contributed by atoms with E-state index in [1.165, 1.54) is 0 Å². The molecule has 12 heavy (non-hydrogen) atoms. The van der Waals surface area contributed by atoms with Gasteiger partial charge >= 0.3 is 0 Å². The van der Waals surface area contributed by atoms with E-state index in [0.29, 0.717) is 11.5 Å². The molecule has 2 heteroatoms. The lowest BCUT2D eigenvalue weighted by atomic mass is 10.2. The SMILES string of the molecule is C=C(C)Oc1cc(C)ccc1O. The predicted molar refractivity (Wildman–Crippen MR) is 48.3 cm³/mol. The maximum absolute atomic E-state index is 9.32. The molecule has 0 aromatic heterocycles. The second kappa shape index (κ2) is 3.30. The second-order valence-corrected chi connectivity index (χ2v) is 2.78. The zero-order valence-electron chi connectivity index (χ0n) is 7.29. The van der Waals surface area contributed by atoms with Crippen LogP contribution in [0.4, 0.5) is 0 Å². The second-order valence-electron chi connectivity index (χ2n) is 2.78. The Hall–Kier alpha value is -1.44. The summed E-state index contributed by atoms with van der Waals surface area (Å²) in [5.74, 6) is 1.17. The molecule has 0 saturated heterocycles. The molecule has 1 rings (SSSR count). The minimum atomic E-state index is 0.142.